The Hall–Kier alpha value is -1.76. The molecule has 0 bridgehead atoms. The second kappa shape index (κ2) is 4.84. The topological polar surface area (TPSA) is 76.7 Å². The molecule has 0 amide bonds. The van der Waals surface area contributed by atoms with E-state index in [1.165, 1.54) is 6.39 Å². The van der Waals surface area contributed by atoms with Crippen molar-refractivity contribution < 1.29 is 8.91 Å². The van der Waals surface area contributed by atoms with Gasteiger partial charge in [-0.3, -0.25) is 0 Å². The van der Waals surface area contributed by atoms with Crippen LogP contribution in [0, 0.1) is 5.82 Å². The molecule has 0 atom stereocenters. The van der Waals surface area contributed by atoms with Gasteiger partial charge >= 0.3 is 0 Å². The maximum Gasteiger partial charge on any atom is 0.224 e. The summed E-state index contributed by atoms with van der Waals surface area (Å²) < 4.78 is 17.7. The SMILES string of the molecule is Fc1cnc(Cl)nc1NCCc1ncon1. The zero-order chi connectivity index (χ0) is 11.4. The molecule has 0 radical (unpaired) electrons. The van der Waals surface area contributed by atoms with Gasteiger partial charge in [-0.25, -0.2) is 9.37 Å². The van der Waals surface area contributed by atoms with Crippen LogP contribution >= 0.6 is 11.6 Å². The van der Waals surface area contributed by atoms with Crippen molar-refractivity contribution in [2.45, 2.75) is 6.42 Å². The van der Waals surface area contributed by atoms with Crippen molar-refractivity contribution in [1.29, 1.82) is 0 Å². The predicted molar refractivity (Wildman–Crippen MR) is 53.5 cm³/mol. The molecule has 0 spiro atoms. The van der Waals surface area contributed by atoms with Crippen LogP contribution in [-0.2, 0) is 6.42 Å². The summed E-state index contributed by atoms with van der Waals surface area (Å²) in [5.74, 6) is 0.0362. The molecular weight excluding hydrogens is 237 g/mol. The zero-order valence-electron chi connectivity index (χ0n) is 8.02. The summed E-state index contributed by atoms with van der Waals surface area (Å²) in [6.07, 6.45) is 2.74. The van der Waals surface area contributed by atoms with Crippen LogP contribution in [0.1, 0.15) is 5.82 Å². The predicted octanol–water partition coefficient (Wildman–Crippen LogP) is 1.31. The second-order valence-corrected chi connectivity index (χ2v) is 3.20. The minimum absolute atomic E-state index is 0.0107. The first-order chi connectivity index (χ1) is 7.75. The van der Waals surface area contributed by atoms with E-state index in [1.807, 2.05) is 0 Å². The largest absolute Gasteiger partial charge is 0.367 e. The Morgan fingerprint density at radius 3 is 3.06 bits per heavy atom. The minimum Gasteiger partial charge on any atom is -0.367 e. The van der Waals surface area contributed by atoms with Crippen molar-refractivity contribution in [2.75, 3.05) is 11.9 Å². The van der Waals surface area contributed by atoms with E-state index < -0.39 is 5.82 Å². The van der Waals surface area contributed by atoms with Crippen LogP contribution < -0.4 is 5.32 Å². The molecule has 0 aliphatic carbocycles. The standard InChI is InChI=1S/C8H7ClFN5O/c9-8-12-3-5(10)7(14-8)11-2-1-6-13-4-16-15-6/h3-4H,1-2H2,(H,11,12,14). The number of nitrogens with one attached hydrogen (secondary N) is 1. The van der Waals surface area contributed by atoms with Gasteiger partial charge in [0.25, 0.3) is 0 Å². The summed E-state index contributed by atoms with van der Waals surface area (Å²) in [6, 6.07) is 0. The highest BCUT2D eigenvalue weighted by Crippen LogP contribution is 2.11. The third-order valence-electron chi connectivity index (χ3n) is 1.76. The van der Waals surface area contributed by atoms with Crippen LogP contribution in [0.15, 0.2) is 17.1 Å². The number of nitrogens with zero attached hydrogens (tertiary/aromatic N) is 4. The highest BCUT2D eigenvalue weighted by atomic mass is 35.5. The van der Waals surface area contributed by atoms with Crippen molar-refractivity contribution in [1.82, 2.24) is 20.1 Å². The van der Waals surface area contributed by atoms with Crippen molar-refractivity contribution in [3.8, 4) is 0 Å². The normalized spacial score (nSPS) is 10.4. The van der Waals surface area contributed by atoms with E-state index >= 15 is 0 Å². The molecule has 2 aromatic rings. The van der Waals surface area contributed by atoms with Crippen LogP contribution in [0.3, 0.4) is 0 Å². The van der Waals surface area contributed by atoms with Gasteiger partial charge in [-0.1, -0.05) is 5.16 Å². The average molecular weight is 244 g/mol. The van der Waals surface area contributed by atoms with E-state index in [0.29, 0.717) is 18.8 Å². The number of halogens is 2. The summed E-state index contributed by atoms with van der Waals surface area (Å²) in [4.78, 5) is 11.0. The molecule has 1 N–H and O–H groups in total. The Labute approximate surface area is 94.9 Å². The van der Waals surface area contributed by atoms with Crippen LogP contribution in [0.25, 0.3) is 0 Å². The summed E-state index contributed by atoms with van der Waals surface area (Å²) in [5, 5.41) is 6.36. The van der Waals surface area contributed by atoms with Gasteiger partial charge in [-0.2, -0.15) is 9.97 Å². The summed E-state index contributed by atoms with van der Waals surface area (Å²) in [7, 11) is 0. The number of aromatic nitrogens is 4. The van der Waals surface area contributed by atoms with E-state index in [-0.39, 0.29) is 11.1 Å². The number of hydrogen-bond acceptors (Lipinski definition) is 6. The summed E-state index contributed by atoms with van der Waals surface area (Å²) in [5.41, 5.74) is 0. The van der Waals surface area contributed by atoms with E-state index in [9.17, 15) is 4.39 Å². The molecule has 16 heavy (non-hydrogen) atoms. The molecule has 0 aliphatic rings. The van der Waals surface area contributed by atoms with E-state index in [4.69, 9.17) is 11.6 Å². The Kier molecular flexibility index (Phi) is 3.25. The fourth-order valence-corrected chi connectivity index (χ4v) is 1.20. The lowest BCUT2D eigenvalue weighted by molar-refractivity contribution is 0.410. The van der Waals surface area contributed by atoms with Crippen molar-refractivity contribution in [3.05, 3.63) is 29.5 Å². The third-order valence-corrected chi connectivity index (χ3v) is 1.94. The van der Waals surface area contributed by atoms with Gasteiger partial charge in [0.05, 0.1) is 6.20 Å². The number of anilines is 1. The van der Waals surface area contributed by atoms with Crippen molar-refractivity contribution in [3.63, 3.8) is 0 Å². The van der Waals surface area contributed by atoms with Crippen LogP contribution in [0.4, 0.5) is 10.2 Å². The zero-order valence-corrected chi connectivity index (χ0v) is 8.78. The molecule has 2 aromatic heterocycles. The molecule has 2 rings (SSSR count). The van der Waals surface area contributed by atoms with Gasteiger partial charge < -0.3 is 9.84 Å². The van der Waals surface area contributed by atoms with Crippen LogP contribution in [-0.4, -0.2) is 26.7 Å². The number of rotatable bonds is 4. The quantitative estimate of drug-likeness (QED) is 0.816. The fraction of sp³-hybridized carbons (Fsp3) is 0.250. The molecule has 84 valence electrons. The van der Waals surface area contributed by atoms with Crippen molar-refractivity contribution >= 4 is 17.4 Å². The molecule has 0 aliphatic heterocycles. The van der Waals surface area contributed by atoms with E-state index in [2.05, 4.69) is 29.9 Å². The molecule has 0 aromatic carbocycles. The highest BCUT2D eigenvalue weighted by molar-refractivity contribution is 6.28. The first-order valence-electron chi connectivity index (χ1n) is 4.43. The Morgan fingerprint density at radius 1 is 1.44 bits per heavy atom. The summed E-state index contributed by atoms with van der Waals surface area (Å²) >= 11 is 5.53. The van der Waals surface area contributed by atoms with Crippen LogP contribution in [0.5, 0.6) is 0 Å². The van der Waals surface area contributed by atoms with Gasteiger partial charge in [0, 0.05) is 13.0 Å². The molecule has 6 nitrogen and oxygen atoms in total. The lowest BCUT2D eigenvalue weighted by atomic mass is 10.4. The molecule has 0 fully saturated rings. The maximum atomic E-state index is 13.1. The first kappa shape index (κ1) is 10.7. The smallest absolute Gasteiger partial charge is 0.224 e. The van der Waals surface area contributed by atoms with Crippen molar-refractivity contribution in [2.24, 2.45) is 0 Å². The Balaban J connectivity index is 1.92. The van der Waals surface area contributed by atoms with E-state index in [1.54, 1.807) is 0 Å². The van der Waals surface area contributed by atoms with Gasteiger partial charge in [0.1, 0.15) is 0 Å². The maximum absolute atomic E-state index is 13.1. The molecular formula is C8H7ClFN5O. The fourth-order valence-electron chi connectivity index (χ4n) is 1.06. The second-order valence-electron chi connectivity index (χ2n) is 2.86. The lowest BCUT2D eigenvalue weighted by Crippen LogP contribution is -2.09. The van der Waals surface area contributed by atoms with Gasteiger partial charge in [-0.15, -0.1) is 0 Å². The van der Waals surface area contributed by atoms with Gasteiger partial charge in [0.15, 0.2) is 17.5 Å². The average Bonchev–Trinajstić information content (AvgIpc) is 2.76. The minimum atomic E-state index is -0.558. The highest BCUT2D eigenvalue weighted by Gasteiger charge is 2.05. The molecule has 2 heterocycles. The monoisotopic (exact) mass is 243 g/mol. The van der Waals surface area contributed by atoms with Gasteiger partial charge in [-0.05, 0) is 11.6 Å². The Morgan fingerprint density at radius 2 is 2.31 bits per heavy atom. The third kappa shape index (κ3) is 2.63. The first-order valence-corrected chi connectivity index (χ1v) is 4.80. The van der Waals surface area contributed by atoms with Crippen LogP contribution in [0.2, 0.25) is 5.28 Å². The molecule has 8 heteroatoms. The molecule has 0 unspecified atom stereocenters. The summed E-state index contributed by atoms with van der Waals surface area (Å²) in [6.45, 7) is 0.420. The number of hydrogen-bond donors (Lipinski definition) is 1. The van der Waals surface area contributed by atoms with Gasteiger partial charge in [0.2, 0.25) is 11.7 Å². The Bertz CT molecular complexity index is 463. The molecule has 0 saturated heterocycles. The lowest BCUT2D eigenvalue weighted by Gasteiger charge is -2.04. The van der Waals surface area contributed by atoms with E-state index in [0.717, 1.165) is 6.20 Å². The molecule has 0 saturated carbocycles.